The fourth-order valence-electron chi connectivity index (χ4n) is 3.06. The molecule has 26 heavy (non-hydrogen) atoms. The number of rotatable bonds is 7. The van der Waals surface area contributed by atoms with Crippen LogP contribution < -0.4 is 0 Å². The Morgan fingerprint density at radius 3 is 2.54 bits per heavy atom. The van der Waals surface area contributed by atoms with Gasteiger partial charge in [0.2, 0.25) is 0 Å². The van der Waals surface area contributed by atoms with Crippen LogP contribution >= 0.6 is 0 Å². The van der Waals surface area contributed by atoms with Gasteiger partial charge in [-0.2, -0.15) is 0 Å². The molecule has 1 saturated heterocycles. The number of ether oxygens (including phenoxy) is 3. The van der Waals surface area contributed by atoms with Gasteiger partial charge in [0.05, 0.1) is 30.4 Å². The van der Waals surface area contributed by atoms with Gasteiger partial charge in [-0.1, -0.05) is 12.1 Å². The van der Waals surface area contributed by atoms with Crippen LogP contribution in [0.3, 0.4) is 0 Å². The SMILES string of the molecule is CC(OCC1CCCCO1)C(=O)OCCN1C(=O)c2ccccc2C1=O. The Bertz CT molecular complexity index is 647. The highest BCUT2D eigenvalue weighted by Crippen LogP contribution is 2.22. The maximum Gasteiger partial charge on any atom is 0.335 e. The number of hydrogen-bond acceptors (Lipinski definition) is 6. The Morgan fingerprint density at radius 2 is 1.92 bits per heavy atom. The van der Waals surface area contributed by atoms with Gasteiger partial charge in [-0.05, 0) is 38.3 Å². The number of hydrogen-bond donors (Lipinski definition) is 0. The summed E-state index contributed by atoms with van der Waals surface area (Å²) >= 11 is 0. The highest BCUT2D eigenvalue weighted by molar-refractivity contribution is 6.21. The summed E-state index contributed by atoms with van der Waals surface area (Å²) in [5.74, 6) is -1.24. The molecule has 140 valence electrons. The van der Waals surface area contributed by atoms with E-state index >= 15 is 0 Å². The summed E-state index contributed by atoms with van der Waals surface area (Å²) in [6, 6.07) is 6.65. The van der Waals surface area contributed by atoms with E-state index in [9.17, 15) is 14.4 Å². The third-order valence-corrected chi connectivity index (χ3v) is 4.58. The molecule has 7 heteroatoms. The zero-order valence-corrected chi connectivity index (χ0v) is 14.8. The van der Waals surface area contributed by atoms with Crippen LogP contribution in [-0.2, 0) is 19.0 Å². The van der Waals surface area contributed by atoms with Gasteiger partial charge in [-0.15, -0.1) is 0 Å². The molecular formula is C19H23NO6. The van der Waals surface area contributed by atoms with E-state index in [1.165, 1.54) is 0 Å². The fourth-order valence-corrected chi connectivity index (χ4v) is 3.06. The monoisotopic (exact) mass is 361 g/mol. The average molecular weight is 361 g/mol. The third-order valence-electron chi connectivity index (χ3n) is 4.58. The Morgan fingerprint density at radius 1 is 1.23 bits per heavy atom. The van der Waals surface area contributed by atoms with Crippen LogP contribution in [-0.4, -0.2) is 61.3 Å². The molecule has 0 aromatic heterocycles. The predicted octanol–water partition coefficient (Wildman–Crippen LogP) is 1.80. The van der Waals surface area contributed by atoms with Crippen LogP contribution in [0, 0.1) is 0 Å². The summed E-state index contributed by atoms with van der Waals surface area (Å²) in [4.78, 5) is 37.5. The molecule has 0 spiro atoms. The van der Waals surface area contributed by atoms with Gasteiger partial charge in [-0.25, -0.2) is 4.79 Å². The summed E-state index contributed by atoms with van der Waals surface area (Å²) < 4.78 is 16.2. The third kappa shape index (κ3) is 4.11. The molecule has 0 aliphatic carbocycles. The van der Waals surface area contributed by atoms with Crippen LogP contribution in [0.1, 0.15) is 46.9 Å². The molecule has 3 rings (SSSR count). The smallest absolute Gasteiger partial charge is 0.335 e. The number of fused-ring (bicyclic) bond motifs is 1. The Hall–Kier alpha value is -2.25. The molecule has 0 radical (unpaired) electrons. The molecule has 2 atom stereocenters. The molecule has 1 fully saturated rings. The molecule has 2 unspecified atom stereocenters. The number of esters is 1. The Kier molecular flexibility index (Phi) is 6.00. The lowest BCUT2D eigenvalue weighted by molar-refractivity contribution is -0.159. The number of carbonyl (C=O) groups excluding carboxylic acids is 3. The largest absolute Gasteiger partial charge is 0.462 e. The van der Waals surface area contributed by atoms with E-state index in [1.807, 2.05) is 0 Å². The standard InChI is InChI=1S/C19H23NO6/c1-13(26-12-14-6-4-5-10-24-14)19(23)25-11-9-20-17(21)15-7-2-3-8-16(15)18(20)22/h2-3,7-8,13-14H,4-6,9-12H2,1H3. The van der Waals surface area contributed by atoms with Crippen molar-refractivity contribution in [1.82, 2.24) is 4.90 Å². The minimum atomic E-state index is -0.720. The number of nitrogens with zero attached hydrogens (tertiary/aromatic N) is 1. The molecular weight excluding hydrogens is 338 g/mol. The molecule has 1 aromatic rings. The van der Waals surface area contributed by atoms with Crippen LogP contribution in [0.5, 0.6) is 0 Å². The molecule has 1 aromatic carbocycles. The summed E-state index contributed by atoms with van der Waals surface area (Å²) in [6.45, 7) is 2.67. The quantitative estimate of drug-likeness (QED) is 0.544. The molecule has 0 bridgehead atoms. The van der Waals surface area contributed by atoms with Gasteiger partial charge < -0.3 is 14.2 Å². The normalized spacial score (nSPS) is 20.8. The fraction of sp³-hybridized carbons (Fsp3) is 0.526. The van der Waals surface area contributed by atoms with Crippen LogP contribution in [0.4, 0.5) is 0 Å². The van der Waals surface area contributed by atoms with Crippen LogP contribution in [0.2, 0.25) is 0 Å². The molecule has 2 heterocycles. The first-order valence-electron chi connectivity index (χ1n) is 8.93. The predicted molar refractivity (Wildman–Crippen MR) is 91.8 cm³/mol. The molecule has 0 N–H and O–H groups in total. The lowest BCUT2D eigenvalue weighted by Gasteiger charge is -2.23. The van der Waals surface area contributed by atoms with E-state index in [2.05, 4.69) is 0 Å². The van der Waals surface area contributed by atoms with Gasteiger partial charge in [0.1, 0.15) is 6.61 Å². The highest BCUT2D eigenvalue weighted by atomic mass is 16.6. The lowest BCUT2D eigenvalue weighted by atomic mass is 10.1. The molecule has 2 aliphatic heterocycles. The number of amides is 2. The van der Waals surface area contributed by atoms with E-state index in [0.717, 1.165) is 30.8 Å². The molecule has 0 saturated carbocycles. The van der Waals surface area contributed by atoms with Gasteiger partial charge in [0.25, 0.3) is 11.8 Å². The van der Waals surface area contributed by atoms with Crippen molar-refractivity contribution in [1.29, 1.82) is 0 Å². The van der Waals surface area contributed by atoms with E-state index < -0.39 is 12.1 Å². The maximum atomic E-state index is 12.2. The second kappa shape index (κ2) is 8.42. The minimum Gasteiger partial charge on any atom is -0.462 e. The first-order valence-corrected chi connectivity index (χ1v) is 8.93. The van der Waals surface area contributed by atoms with Crippen molar-refractivity contribution in [2.45, 2.75) is 38.4 Å². The van der Waals surface area contributed by atoms with Gasteiger partial charge in [-0.3, -0.25) is 14.5 Å². The van der Waals surface area contributed by atoms with Crippen molar-refractivity contribution >= 4 is 17.8 Å². The topological polar surface area (TPSA) is 82.1 Å². The lowest BCUT2D eigenvalue weighted by Crippen LogP contribution is -2.35. The van der Waals surface area contributed by atoms with E-state index in [4.69, 9.17) is 14.2 Å². The minimum absolute atomic E-state index is 0.0243. The highest BCUT2D eigenvalue weighted by Gasteiger charge is 2.35. The van der Waals surface area contributed by atoms with Crippen molar-refractivity contribution in [3.05, 3.63) is 35.4 Å². The van der Waals surface area contributed by atoms with Crippen LogP contribution in [0.15, 0.2) is 24.3 Å². The summed E-state index contributed by atoms with van der Waals surface area (Å²) in [7, 11) is 0. The van der Waals surface area contributed by atoms with Gasteiger partial charge in [0.15, 0.2) is 6.10 Å². The Labute approximate surface area is 152 Å². The second-order valence-electron chi connectivity index (χ2n) is 6.44. The molecule has 2 amide bonds. The summed E-state index contributed by atoms with van der Waals surface area (Å²) in [6.07, 6.45) is 2.40. The van der Waals surface area contributed by atoms with Crippen molar-refractivity contribution in [2.24, 2.45) is 0 Å². The van der Waals surface area contributed by atoms with Crippen molar-refractivity contribution in [3.63, 3.8) is 0 Å². The second-order valence-corrected chi connectivity index (χ2v) is 6.44. The number of benzene rings is 1. The molecule has 7 nitrogen and oxygen atoms in total. The first kappa shape index (κ1) is 18.5. The van der Waals surface area contributed by atoms with Crippen molar-refractivity contribution in [3.8, 4) is 0 Å². The van der Waals surface area contributed by atoms with Crippen LogP contribution in [0.25, 0.3) is 0 Å². The Balaban J connectivity index is 1.41. The van der Waals surface area contributed by atoms with E-state index in [1.54, 1.807) is 31.2 Å². The zero-order chi connectivity index (χ0) is 18.5. The van der Waals surface area contributed by atoms with Gasteiger partial charge in [0, 0.05) is 6.61 Å². The number of imide groups is 1. The maximum absolute atomic E-state index is 12.2. The molecule has 2 aliphatic rings. The average Bonchev–Trinajstić information content (AvgIpc) is 2.92. The summed E-state index contributed by atoms with van der Waals surface area (Å²) in [5.41, 5.74) is 0.765. The first-order chi connectivity index (χ1) is 12.6. The summed E-state index contributed by atoms with van der Waals surface area (Å²) in [5, 5.41) is 0. The number of carbonyl (C=O) groups is 3. The van der Waals surface area contributed by atoms with Gasteiger partial charge >= 0.3 is 5.97 Å². The van der Waals surface area contributed by atoms with Crippen molar-refractivity contribution in [2.75, 3.05) is 26.4 Å². The van der Waals surface area contributed by atoms with E-state index in [-0.39, 0.29) is 31.1 Å². The van der Waals surface area contributed by atoms with E-state index in [0.29, 0.717) is 17.7 Å². The van der Waals surface area contributed by atoms with Crippen molar-refractivity contribution < 1.29 is 28.6 Å². The zero-order valence-electron chi connectivity index (χ0n) is 14.8.